The van der Waals surface area contributed by atoms with Gasteiger partial charge in [0.05, 0.1) is 5.69 Å². The first-order chi connectivity index (χ1) is 11.7. The van der Waals surface area contributed by atoms with E-state index in [2.05, 4.69) is 26.4 Å². The number of aromatic nitrogens is 4. The SMILES string of the molecule is Cc1nn2cccnc2c1C(=O)NCCc1c[nH]c2ccccc12. The lowest BCUT2D eigenvalue weighted by Crippen LogP contribution is -2.26. The summed E-state index contributed by atoms with van der Waals surface area (Å²) < 4.78 is 1.63. The minimum absolute atomic E-state index is 0.138. The summed E-state index contributed by atoms with van der Waals surface area (Å²) in [4.78, 5) is 20.0. The van der Waals surface area contributed by atoms with Crippen molar-refractivity contribution in [2.24, 2.45) is 0 Å². The fraction of sp³-hybridized carbons (Fsp3) is 0.167. The Morgan fingerprint density at radius 2 is 2.17 bits per heavy atom. The molecule has 120 valence electrons. The molecular weight excluding hydrogens is 302 g/mol. The van der Waals surface area contributed by atoms with E-state index in [0.29, 0.717) is 23.4 Å². The van der Waals surface area contributed by atoms with Crippen LogP contribution in [0.2, 0.25) is 0 Å². The number of hydrogen-bond acceptors (Lipinski definition) is 3. The summed E-state index contributed by atoms with van der Waals surface area (Å²) in [6, 6.07) is 9.95. The monoisotopic (exact) mass is 319 g/mol. The van der Waals surface area contributed by atoms with Gasteiger partial charge in [-0.05, 0) is 31.0 Å². The minimum Gasteiger partial charge on any atom is -0.361 e. The lowest BCUT2D eigenvalue weighted by Gasteiger charge is -2.04. The topological polar surface area (TPSA) is 75.1 Å². The Kier molecular flexibility index (Phi) is 3.49. The normalized spacial score (nSPS) is 11.2. The Balaban J connectivity index is 1.49. The Labute approximate surface area is 138 Å². The van der Waals surface area contributed by atoms with Crippen molar-refractivity contribution in [3.63, 3.8) is 0 Å². The average Bonchev–Trinajstić information content (AvgIpc) is 3.15. The molecule has 6 heteroatoms. The van der Waals surface area contributed by atoms with Gasteiger partial charge in [0.1, 0.15) is 5.56 Å². The van der Waals surface area contributed by atoms with Crippen molar-refractivity contribution in [3.8, 4) is 0 Å². The van der Waals surface area contributed by atoms with Crippen molar-refractivity contribution >= 4 is 22.5 Å². The molecule has 2 N–H and O–H groups in total. The van der Waals surface area contributed by atoms with Crippen LogP contribution in [0.3, 0.4) is 0 Å². The van der Waals surface area contributed by atoms with Gasteiger partial charge in [-0.15, -0.1) is 0 Å². The number of benzene rings is 1. The van der Waals surface area contributed by atoms with Crippen molar-refractivity contribution < 1.29 is 4.79 Å². The van der Waals surface area contributed by atoms with Crippen LogP contribution in [-0.4, -0.2) is 32.0 Å². The van der Waals surface area contributed by atoms with E-state index < -0.39 is 0 Å². The molecule has 4 aromatic rings. The Bertz CT molecular complexity index is 1030. The number of aromatic amines is 1. The number of H-pyrrole nitrogens is 1. The number of carbonyl (C=O) groups excluding carboxylic acids is 1. The zero-order valence-electron chi connectivity index (χ0n) is 13.3. The van der Waals surface area contributed by atoms with Crippen LogP contribution in [0.5, 0.6) is 0 Å². The first kappa shape index (κ1) is 14.4. The maximum Gasteiger partial charge on any atom is 0.257 e. The minimum atomic E-state index is -0.138. The van der Waals surface area contributed by atoms with Gasteiger partial charge in [0.15, 0.2) is 5.65 Å². The highest BCUT2D eigenvalue weighted by Gasteiger charge is 2.17. The second-order valence-electron chi connectivity index (χ2n) is 5.71. The zero-order valence-corrected chi connectivity index (χ0v) is 13.3. The van der Waals surface area contributed by atoms with Crippen LogP contribution >= 0.6 is 0 Å². The number of hydrogen-bond donors (Lipinski definition) is 2. The fourth-order valence-electron chi connectivity index (χ4n) is 3.00. The van der Waals surface area contributed by atoms with Gasteiger partial charge in [-0.1, -0.05) is 18.2 Å². The van der Waals surface area contributed by atoms with Gasteiger partial charge in [0.2, 0.25) is 0 Å². The van der Waals surface area contributed by atoms with Gasteiger partial charge in [-0.3, -0.25) is 4.79 Å². The van der Waals surface area contributed by atoms with Crippen LogP contribution in [0.1, 0.15) is 21.6 Å². The van der Waals surface area contributed by atoms with Gasteiger partial charge in [-0.25, -0.2) is 9.50 Å². The molecule has 6 nitrogen and oxygen atoms in total. The first-order valence-electron chi connectivity index (χ1n) is 7.87. The summed E-state index contributed by atoms with van der Waals surface area (Å²) in [5, 5.41) is 8.49. The van der Waals surface area contributed by atoms with Crippen LogP contribution in [0, 0.1) is 6.92 Å². The smallest absolute Gasteiger partial charge is 0.257 e. The van der Waals surface area contributed by atoms with Crippen LogP contribution in [0.15, 0.2) is 48.9 Å². The van der Waals surface area contributed by atoms with Gasteiger partial charge < -0.3 is 10.3 Å². The van der Waals surface area contributed by atoms with E-state index >= 15 is 0 Å². The second-order valence-corrected chi connectivity index (χ2v) is 5.71. The molecule has 0 saturated heterocycles. The summed E-state index contributed by atoms with van der Waals surface area (Å²) in [7, 11) is 0. The maximum atomic E-state index is 12.5. The van der Waals surface area contributed by atoms with E-state index in [9.17, 15) is 4.79 Å². The van der Waals surface area contributed by atoms with E-state index in [4.69, 9.17) is 0 Å². The highest BCUT2D eigenvalue weighted by Crippen LogP contribution is 2.18. The van der Waals surface area contributed by atoms with E-state index in [1.54, 1.807) is 23.0 Å². The third kappa shape index (κ3) is 2.42. The van der Waals surface area contributed by atoms with Gasteiger partial charge in [0.25, 0.3) is 5.91 Å². The zero-order chi connectivity index (χ0) is 16.5. The van der Waals surface area contributed by atoms with Crippen molar-refractivity contribution in [1.29, 1.82) is 0 Å². The maximum absolute atomic E-state index is 12.5. The molecule has 0 radical (unpaired) electrons. The summed E-state index contributed by atoms with van der Waals surface area (Å²) in [6.45, 7) is 2.38. The molecule has 0 atom stereocenters. The van der Waals surface area contributed by atoms with Gasteiger partial charge in [0, 0.05) is 36.0 Å². The highest BCUT2D eigenvalue weighted by molar-refractivity contribution is 6.01. The van der Waals surface area contributed by atoms with Crippen LogP contribution in [0.25, 0.3) is 16.6 Å². The summed E-state index contributed by atoms with van der Waals surface area (Å²) >= 11 is 0. The molecule has 0 bridgehead atoms. The predicted molar refractivity (Wildman–Crippen MR) is 92.1 cm³/mol. The van der Waals surface area contributed by atoms with Crippen molar-refractivity contribution in [2.75, 3.05) is 6.54 Å². The summed E-state index contributed by atoms with van der Waals surface area (Å²) in [6.07, 6.45) is 6.22. The lowest BCUT2D eigenvalue weighted by molar-refractivity contribution is 0.0955. The number of rotatable bonds is 4. The van der Waals surface area contributed by atoms with Crippen LogP contribution in [-0.2, 0) is 6.42 Å². The molecule has 0 unspecified atom stereocenters. The van der Waals surface area contributed by atoms with E-state index in [1.807, 2.05) is 31.3 Å². The van der Waals surface area contributed by atoms with E-state index in [0.717, 1.165) is 11.9 Å². The van der Waals surface area contributed by atoms with Crippen molar-refractivity contribution in [2.45, 2.75) is 13.3 Å². The molecule has 1 amide bonds. The third-order valence-electron chi connectivity index (χ3n) is 4.15. The Morgan fingerprint density at radius 3 is 3.08 bits per heavy atom. The number of aryl methyl sites for hydroxylation is 1. The Morgan fingerprint density at radius 1 is 1.29 bits per heavy atom. The number of amides is 1. The molecule has 1 aromatic carbocycles. The van der Waals surface area contributed by atoms with Crippen LogP contribution < -0.4 is 5.32 Å². The Hall–Kier alpha value is -3.15. The lowest BCUT2D eigenvalue weighted by atomic mass is 10.1. The van der Waals surface area contributed by atoms with Crippen LogP contribution in [0.4, 0.5) is 0 Å². The van der Waals surface area contributed by atoms with Gasteiger partial charge in [-0.2, -0.15) is 5.10 Å². The third-order valence-corrected chi connectivity index (χ3v) is 4.15. The fourth-order valence-corrected chi connectivity index (χ4v) is 3.00. The quantitative estimate of drug-likeness (QED) is 0.607. The second kappa shape index (κ2) is 5.81. The molecule has 3 aromatic heterocycles. The molecule has 0 aliphatic rings. The van der Waals surface area contributed by atoms with Crippen molar-refractivity contribution in [1.82, 2.24) is 24.9 Å². The first-order valence-corrected chi connectivity index (χ1v) is 7.87. The number of carbonyl (C=O) groups is 1. The molecule has 0 fully saturated rings. The number of nitrogens with zero attached hydrogens (tertiary/aromatic N) is 3. The number of para-hydroxylation sites is 1. The molecule has 0 spiro atoms. The van der Waals surface area contributed by atoms with E-state index in [1.165, 1.54) is 10.9 Å². The highest BCUT2D eigenvalue weighted by atomic mass is 16.1. The molecule has 0 aliphatic heterocycles. The average molecular weight is 319 g/mol. The van der Waals surface area contributed by atoms with Gasteiger partial charge >= 0.3 is 0 Å². The van der Waals surface area contributed by atoms with E-state index in [-0.39, 0.29) is 5.91 Å². The molecule has 3 heterocycles. The molecule has 24 heavy (non-hydrogen) atoms. The molecule has 4 rings (SSSR count). The number of nitrogens with one attached hydrogen (secondary N) is 2. The number of fused-ring (bicyclic) bond motifs is 2. The standard InChI is InChI=1S/C18H17N5O/c1-12-16(17-19-8-4-10-23(17)22-12)18(24)20-9-7-13-11-21-15-6-3-2-5-14(13)15/h2-6,8,10-11,21H,7,9H2,1H3,(H,20,24). The predicted octanol–water partition coefficient (Wildman–Crippen LogP) is 2.49. The summed E-state index contributed by atoms with van der Waals surface area (Å²) in [5.74, 6) is -0.138. The molecular formula is C18H17N5O. The van der Waals surface area contributed by atoms with Crippen molar-refractivity contribution in [3.05, 3.63) is 65.7 Å². The largest absolute Gasteiger partial charge is 0.361 e. The molecule has 0 aliphatic carbocycles. The summed E-state index contributed by atoms with van der Waals surface area (Å²) in [5.41, 5.74) is 4.11. The molecule has 0 saturated carbocycles.